The van der Waals surface area contributed by atoms with Gasteiger partial charge >= 0.3 is 5.97 Å². The van der Waals surface area contributed by atoms with Gasteiger partial charge in [0.15, 0.2) is 0 Å². The Morgan fingerprint density at radius 1 is 1.37 bits per heavy atom. The number of carboxylic acids is 1. The fourth-order valence-electron chi connectivity index (χ4n) is 2.67. The van der Waals surface area contributed by atoms with Crippen LogP contribution >= 0.6 is 0 Å². The zero-order valence-corrected chi connectivity index (χ0v) is 11.9. The Morgan fingerprint density at radius 2 is 2.00 bits per heavy atom. The number of aromatic hydroxyl groups is 1. The number of carboxylic acid groups (broad SMARTS) is 1. The van der Waals surface area contributed by atoms with Crippen LogP contribution in [-0.2, 0) is 15.6 Å². The van der Waals surface area contributed by atoms with E-state index in [1.165, 1.54) is 0 Å². The second-order valence-electron chi connectivity index (χ2n) is 6.21. The third-order valence-corrected chi connectivity index (χ3v) is 4.79. The molecule has 0 amide bonds. The van der Waals surface area contributed by atoms with Gasteiger partial charge in [0.25, 0.3) is 0 Å². The summed E-state index contributed by atoms with van der Waals surface area (Å²) in [4.78, 5) is 11.6. The highest BCUT2D eigenvalue weighted by atomic mass is 16.4. The van der Waals surface area contributed by atoms with Gasteiger partial charge in [-0.2, -0.15) is 0 Å². The summed E-state index contributed by atoms with van der Waals surface area (Å²) < 4.78 is 0. The molecule has 1 aliphatic carbocycles. The van der Waals surface area contributed by atoms with Gasteiger partial charge < -0.3 is 10.2 Å². The van der Waals surface area contributed by atoms with Gasteiger partial charge in [-0.25, -0.2) is 0 Å². The smallest absolute Gasteiger partial charge is 0.314 e. The van der Waals surface area contributed by atoms with Gasteiger partial charge in [0.2, 0.25) is 0 Å². The Balaban J connectivity index is 2.52. The maximum atomic E-state index is 11.6. The molecule has 3 nitrogen and oxygen atoms in total. The quantitative estimate of drug-likeness (QED) is 0.871. The zero-order chi connectivity index (χ0) is 14.3. The molecule has 104 valence electrons. The highest BCUT2D eigenvalue weighted by Crippen LogP contribution is 2.48. The molecular formula is C16H22O3. The Bertz CT molecular complexity index is 499. The van der Waals surface area contributed by atoms with Crippen LogP contribution in [0.25, 0.3) is 0 Å². The highest BCUT2D eigenvalue weighted by molar-refractivity contribution is 5.83. The minimum absolute atomic E-state index is 0.00805. The third-order valence-electron chi connectivity index (χ3n) is 4.79. The Kier molecular flexibility index (Phi) is 3.33. The van der Waals surface area contributed by atoms with Crippen LogP contribution in [0.5, 0.6) is 5.75 Å². The highest BCUT2D eigenvalue weighted by Gasteiger charge is 2.47. The van der Waals surface area contributed by atoms with Crippen LogP contribution in [0.1, 0.15) is 57.6 Å². The van der Waals surface area contributed by atoms with E-state index in [2.05, 4.69) is 20.8 Å². The summed E-state index contributed by atoms with van der Waals surface area (Å²) in [6, 6.07) is 5.44. The predicted molar refractivity (Wildman–Crippen MR) is 74.6 cm³/mol. The molecule has 0 spiro atoms. The van der Waals surface area contributed by atoms with Crippen molar-refractivity contribution < 1.29 is 15.0 Å². The van der Waals surface area contributed by atoms with Crippen LogP contribution < -0.4 is 0 Å². The molecule has 0 atom stereocenters. The Labute approximate surface area is 114 Å². The fraction of sp³-hybridized carbons (Fsp3) is 0.562. The van der Waals surface area contributed by atoms with Gasteiger partial charge in [0.1, 0.15) is 5.75 Å². The lowest BCUT2D eigenvalue weighted by Crippen LogP contribution is -2.42. The van der Waals surface area contributed by atoms with Gasteiger partial charge in [-0.3, -0.25) is 4.79 Å². The van der Waals surface area contributed by atoms with Crippen LogP contribution in [0.15, 0.2) is 18.2 Å². The number of hydrogen-bond acceptors (Lipinski definition) is 2. The van der Waals surface area contributed by atoms with Gasteiger partial charge in [-0.05, 0) is 36.3 Å². The molecule has 0 radical (unpaired) electrons. The van der Waals surface area contributed by atoms with Crippen molar-refractivity contribution in [2.75, 3.05) is 0 Å². The Hall–Kier alpha value is -1.51. The lowest BCUT2D eigenvalue weighted by Gasteiger charge is -2.39. The lowest BCUT2D eigenvalue weighted by atomic mass is 9.63. The molecule has 0 bridgehead atoms. The first-order valence-corrected chi connectivity index (χ1v) is 6.91. The van der Waals surface area contributed by atoms with Crippen LogP contribution in [0.4, 0.5) is 0 Å². The average Bonchev–Trinajstić information content (AvgIpc) is 2.29. The SMILES string of the molecule is CCC(C)(C)c1ccc(O)c(C2(C(=O)O)CCC2)c1. The molecule has 1 aromatic rings. The van der Waals surface area contributed by atoms with Crippen LogP contribution in [-0.4, -0.2) is 16.2 Å². The van der Waals surface area contributed by atoms with E-state index < -0.39 is 11.4 Å². The summed E-state index contributed by atoms with van der Waals surface area (Å²) in [7, 11) is 0. The molecule has 1 saturated carbocycles. The molecule has 2 N–H and O–H groups in total. The van der Waals surface area contributed by atoms with Crippen molar-refractivity contribution in [2.24, 2.45) is 0 Å². The van der Waals surface area contributed by atoms with Crippen LogP contribution in [0, 0.1) is 0 Å². The molecule has 19 heavy (non-hydrogen) atoms. The van der Waals surface area contributed by atoms with E-state index >= 15 is 0 Å². The summed E-state index contributed by atoms with van der Waals surface area (Å²) in [5.41, 5.74) is 0.802. The molecule has 0 aromatic heterocycles. The molecule has 1 fully saturated rings. The van der Waals surface area contributed by atoms with Gasteiger partial charge in [-0.15, -0.1) is 0 Å². The van der Waals surface area contributed by atoms with Crippen molar-refractivity contribution in [3.05, 3.63) is 29.3 Å². The number of benzene rings is 1. The van der Waals surface area contributed by atoms with Crippen molar-refractivity contribution >= 4 is 5.97 Å². The normalized spacial score (nSPS) is 17.8. The summed E-state index contributed by atoms with van der Waals surface area (Å²) >= 11 is 0. The molecule has 0 aliphatic heterocycles. The maximum absolute atomic E-state index is 11.6. The molecule has 2 rings (SSSR count). The monoisotopic (exact) mass is 262 g/mol. The molecule has 0 unspecified atom stereocenters. The second kappa shape index (κ2) is 4.55. The first kappa shape index (κ1) is 13.9. The van der Waals surface area contributed by atoms with Crippen molar-refractivity contribution in [1.82, 2.24) is 0 Å². The topological polar surface area (TPSA) is 57.5 Å². The number of phenols is 1. The molecular weight excluding hydrogens is 240 g/mol. The molecule has 1 aromatic carbocycles. The van der Waals surface area contributed by atoms with E-state index in [0.717, 1.165) is 18.4 Å². The van der Waals surface area contributed by atoms with Crippen molar-refractivity contribution in [3.63, 3.8) is 0 Å². The summed E-state index contributed by atoms with van der Waals surface area (Å²) in [6.45, 7) is 6.39. The van der Waals surface area contributed by atoms with E-state index in [1.807, 2.05) is 12.1 Å². The van der Waals surface area contributed by atoms with Crippen molar-refractivity contribution in [3.8, 4) is 5.75 Å². The number of rotatable bonds is 4. The van der Waals surface area contributed by atoms with E-state index in [1.54, 1.807) is 6.07 Å². The van der Waals surface area contributed by atoms with Crippen molar-refractivity contribution in [1.29, 1.82) is 0 Å². The van der Waals surface area contributed by atoms with E-state index in [-0.39, 0.29) is 11.2 Å². The minimum atomic E-state index is -0.871. The standard InChI is InChI=1S/C16H22O3/c1-4-15(2,3)11-6-7-13(17)12(10-11)16(14(18)19)8-5-9-16/h6-7,10,17H,4-5,8-9H2,1-3H3,(H,18,19). The molecule has 0 saturated heterocycles. The first-order chi connectivity index (χ1) is 8.83. The summed E-state index contributed by atoms with van der Waals surface area (Å²) in [6.07, 6.45) is 3.11. The third kappa shape index (κ3) is 2.11. The zero-order valence-electron chi connectivity index (χ0n) is 11.9. The molecule has 0 heterocycles. The van der Waals surface area contributed by atoms with E-state index in [9.17, 15) is 15.0 Å². The van der Waals surface area contributed by atoms with Gasteiger partial charge in [0.05, 0.1) is 5.41 Å². The first-order valence-electron chi connectivity index (χ1n) is 6.91. The van der Waals surface area contributed by atoms with Gasteiger partial charge in [0, 0.05) is 5.56 Å². The van der Waals surface area contributed by atoms with Crippen molar-refractivity contribution in [2.45, 2.75) is 57.3 Å². The second-order valence-corrected chi connectivity index (χ2v) is 6.21. The van der Waals surface area contributed by atoms with E-state index in [4.69, 9.17) is 0 Å². The number of aliphatic carboxylic acids is 1. The fourth-order valence-corrected chi connectivity index (χ4v) is 2.67. The number of phenolic OH excluding ortho intramolecular Hbond substituents is 1. The van der Waals surface area contributed by atoms with E-state index in [0.29, 0.717) is 18.4 Å². The van der Waals surface area contributed by atoms with Crippen LogP contribution in [0.2, 0.25) is 0 Å². The number of hydrogen-bond donors (Lipinski definition) is 2. The maximum Gasteiger partial charge on any atom is 0.314 e. The lowest BCUT2D eigenvalue weighted by molar-refractivity contribution is -0.147. The van der Waals surface area contributed by atoms with Gasteiger partial charge in [-0.1, -0.05) is 39.3 Å². The minimum Gasteiger partial charge on any atom is -0.508 e. The molecule has 1 aliphatic rings. The largest absolute Gasteiger partial charge is 0.508 e. The van der Waals surface area contributed by atoms with Crippen LogP contribution in [0.3, 0.4) is 0 Å². The predicted octanol–water partition coefficient (Wildman–Crippen LogP) is 3.59. The summed E-state index contributed by atoms with van der Waals surface area (Å²) in [5.74, 6) is -0.710. The molecule has 3 heteroatoms. The number of carbonyl (C=O) groups is 1. The average molecular weight is 262 g/mol. The summed E-state index contributed by atoms with van der Waals surface area (Å²) in [5, 5.41) is 19.6. The Morgan fingerprint density at radius 3 is 2.42 bits per heavy atom.